The molecule has 0 spiro atoms. The van der Waals surface area contributed by atoms with Crippen molar-refractivity contribution >= 4 is 27.7 Å². The molecule has 1 amide bonds. The Labute approximate surface area is 151 Å². The molecule has 2 heterocycles. The molecule has 0 aliphatic heterocycles. The van der Waals surface area contributed by atoms with Gasteiger partial charge in [-0.1, -0.05) is 30.3 Å². The zero-order valence-corrected chi connectivity index (χ0v) is 14.6. The average Bonchev–Trinajstić information content (AvgIpc) is 3.05. The van der Waals surface area contributed by atoms with E-state index >= 15 is 0 Å². The third kappa shape index (κ3) is 2.77. The fraction of sp³-hybridized carbons (Fsp3) is 0.143. The minimum absolute atomic E-state index is 0.101. The summed E-state index contributed by atoms with van der Waals surface area (Å²) in [6.07, 6.45) is 3.53. The van der Waals surface area contributed by atoms with Crippen LogP contribution in [0.5, 0.6) is 5.75 Å². The molecule has 0 saturated carbocycles. The van der Waals surface area contributed by atoms with E-state index in [0.29, 0.717) is 11.3 Å². The number of aromatic amines is 1. The lowest BCUT2D eigenvalue weighted by Gasteiger charge is -2.16. The molecule has 0 saturated heterocycles. The van der Waals surface area contributed by atoms with Crippen LogP contribution in [0.4, 0.5) is 0 Å². The Morgan fingerprint density at radius 3 is 2.69 bits per heavy atom. The summed E-state index contributed by atoms with van der Waals surface area (Å²) < 4.78 is 5.49. The van der Waals surface area contributed by atoms with Gasteiger partial charge in [-0.25, -0.2) is 0 Å². The number of hydrogen-bond donors (Lipinski definition) is 2. The molecule has 5 heteroatoms. The van der Waals surface area contributed by atoms with Crippen LogP contribution in [0, 0.1) is 0 Å². The highest BCUT2D eigenvalue weighted by Gasteiger charge is 2.18. The first-order chi connectivity index (χ1) is 12.7. The number of amides is 1. The van der Waals surface area contributed by atoms with E-state index in [1.807, 2.05) is 55.5 Å². The molecule has 4 rings (SSSR count). The van der Waals surface area contributed by atoms with Gasteiger partial charge >= 0.3 is 0 Å². The number of ether oxygens (including phenoxy) is 1. The standard InChI is InChI=1S/C21H19N3O2/c1-13(14-6-4-3-5-7-14)23-21(25)17-10-18-16(11-20(17)26-2)15-8-9-22-12-19(15)24-18/h3-13,24H,1-2H3,(H,23,25). The maximum Gasteiger partial charge on any atom is 0.255 e. The second-order valence-electron chi connectivity index (χ2n) is 6.25. The zero-order chi connectivity index (χ0) is 18.1. The van der Waals surface area contributed by atoms with Crippen LogP contribution in [0.25, 0.3) is 21.8 Å². The molecule has 2 aromatic heterocycles. The Balaban J connectivity index is 1.73. The maximum atomic E-state index is 12.8. The van der Waals surface area contributed by atoms with Crippen molar-refractivity contribution in [2.24, 2.45) is 0 Å². The minimum Gasteiger partial charge on any atom is -0.496 e. The molecule has 1 unspecified atom stereocenters. The van der Waals surface area contributed by atoms with E-state index in [4.69, 9.17) is 4.74 Å². The summed E-state index contributed by atoms with van der Waals surface area (Å²) in [5.74, 6) is 0.379. The number of aromatic nitrogens is 2. The van der Waals surface area contributed by atoms with Gasteiger partial charge in [-0.15, -0.1) is 0 Å². The maximum absolute atomic E-state index is 12.8. The molecule has 0 radical (unpaired) electrons. The summed E-state index contributed by atoms with van der Waals surface area (Å²) in [5.41, 5.74) is 3.37. The number of carbonyl (C=O) groups excluding carboxylic acids is 1. The Morgan fingerprint density at radius 2 is 1.92 bits per heavy atom. The molecule has 26 heavy (non-hydrogen) atoms. The van der Waals surface area contributed by atoms with Crippen LogP contribution in [-0.2, 0) is 0 Å². The molecule has 0 aliphatic carbocycles. The molecule has 0 fully saturated rings. The highest BCUT2D eigenvalue weighted by molar-refractivity contribution is 6.10. The Morgan fingerprint density at radius 1 is 1.12 bits per heavy atom. The molecule has 2 aromatic carbocycles. The van der Waals surface area contributed by atoms with Gasteiger partial charge < -0.3 is 15.0 Å². The normalized spacial score (nSPS) is 12.2. The van der Waals surface area contributed by atoms with Gasteiger partial charge in [0.05, 0.1) is 30.4 Å². The number of rotatable bonds is 4. The van der Waals surface area contributed by atoms with Crippen molar-refractivity contribution in [2.45, 2.75) is 13.0 Å². The molecule has 1 atom stereocenters. The van der Waals surface area contributed by atoms with Crippen molar-refractivity contribution in [3.63, 3.8) is 0 Å². The van der Waals surface area contributed by atoms with E-state index in [0.717, 1.165) is 27.4 Å². The molecule has 4 aromatic rings. The number of fused-ring (bicyclic) bond motifs is 3. The van der Waals surface area contributed by atoms with Gasteiger partial charge in [0.25, 0.3) is 5.91 Å². The number of methoxy groups -OCH3 is 1. The lowest BCUT2D eigenvalue weighted by molar-refractivity contribution is 0.0937. The van der Waals surface area contributed by atoms with Gasteiger partial charge in [-0.3, -0.25) is 9.78 Å². The van der Waals surface area contributed by atoms with E-state index in [1.54, 1.807) is 19.5 Å². The lowest BCUT2D eigenvalue weighted by atomic mass is 10.1. The minimum atomic E-state index is -0.170. The van der Waals surface area contributed by atoms with Crippen molar-refractivity contribution in [3.05, 3.63) is 72.1 Å². The van der Waals surface area contributed by atoms with Gasteiger partial charge in [0.15, 0.2) is 0 Å². The van der Waals surface area contributed by atoms with Gasteiger partial charge in [-0.2, -0.15) is 0 Å². The van der Waals surface area contributed by atoms with Crippen molar-refractivity contribution < 1.29 is 9.53 Å². The summed E-state index contributed by atoms with van der Waals surface area (Å²) in [6, 6.07) is 15.5. The van der Waals surface area contributed by atoms with Crippen LogP contribution in [0.15, 0.2) is 60.9 Å². The number of pyridine rings is 1. The average molecular weight is 345 g/mol. The van der Waals surface area contributed by atoms with Crippen molar-refractivity contribution in [3.8, 4) is 5.75 Å². The van der Waals surface area contributed by atoms with Gasteiger partial charge in [0, 0.05) is 22.5 Å². The molecule has 0 aliphatic rings. The molecular weight excluding hydrogens is 326 g/mol. The highest BCUT2D eigenvalue weighted by Crippen LogP contribution is 2.31. The third-order valence-electron chi connectivity index (χ3n) is 4.61. The van der Waals surface area contributed by atoms with Crippen LogP contribution in [0.1, 0.15) is 28.9 Å². The van der Waals surface area contributed by atoms with Crippen molar-refractivity contribution in [1.82, 2.24) is 15.3 Å². The summed E-state index contributed by atoms with van der Waals surface area (Å²) in [6.45, 7) is 1.97. The van der Waals surface area contributed by atoms with E-state index < -0.39 is 0 Å². The first kappa shape index (κ1) is 16.1. The number of carbonyl (C=O) groups is 1. The predicted molar refractivity (Wildman–Crippen MR) is 102 cm³/mol. The second-order valence-corrected chi connectivity index (χ2v) is 6.25. The monoisotopic (exact) mass is 345 g/mol. The molecule has 5 nitrogen and oxygen atoms in total. The number of H-pyrrole nitrogens is 1. The number of benzene rings is 2. The molecular formula is C21H19N3O2. The fourth-order valence-corrected chi connectivity index (χ4v) is 3.23. The van der Waals surface area contributed by atoms with Crippen LogP contribution < -0.4 is 10.1 Å². The summed E-state index contributed by atoms with van der Waals surface area (Å²) in [5, 5.41) is 5.10. The van der Waals surface area contributed by atoms with E-state index in [1.165, 1.54) is 0 Å². The van der Waals surface area contributed by atoms with Gasteiger partial charge in [-0.05, 0) is 30.7 Å². The number of nitrogens with one attached hydrogen (secondary N) is 2. The Hall–Kier alpha value is -3.34. The third-order valence-corrected chi connectivity index (χ3v) is 4.61. The summed E-state index contributed by atoms with van der Waals surface area (Å²) in [4.78, 5) is 20.3. The molecule has 2 N–H and O–H groups in total. The second kappa shape index (κ2) is 6.52. The summed E-state index contributed by atoms with van der Waals surface area (Å²) >= 11 is 0. The van der Waals surface area contributed by atoms with Gasteiger partial charge in [0.2, 0.25) is 0 Å². The number of hydrogen-bond acceptors (Lipinski definition) is 3. The molecule has 0 bridgehead atoms. The first-order valence-electron chi connectivity index (χ1n) is 8.46. The summed E-state index contributed by atoms with van der Waals surface area (Å²) in [7, 11) is 1.58. The van der Waals surface area contributed by atoms with Crippen molar-refractivity contribution in [1.29, 1.82) is 0 Å². The fourth-order valence-electron chi connectivity index (χ4n) is 3.23. The predicted octanol–water partition coefficient (Wildman–Crippen LogP) is 4.22. The number of nitrogens with zero attached hydrogens (tertiary/aromatic N) is 1. The lowest BCUT2D eigenvalue weighted by Crippen LogP contribution is -2.27. The van der Waals surface area contributed by atoms with E-state index in [2.05, 4.69) is 15.3 Å². The highest BCUT2D eigenvalue weighted by atomic mass is 16.5. The zero-order valence-electron chi connectivity index (χ0n) is 14.6. The topological polar surface area (TPSA) is 67.0 Å². The van der Waals surface area contributed by atoms with E-state index in [9.17, 15) is 4.79 Å². The SMILES string of the molecule is COc1cc2c(cc1C(=O)NC(C)c1ccccc1)[nH]c1cnccc12. The first-order valence-corrected chi connectivity index (χ1v) is 8.46. The quantitative estimate of drug-likeness (QED) is 0.582. The van der Waals surface area contributed by atoms with Crippen LogP contribution in [0.3, 0.4) is 0 Å². The van der Waals surface area contributed by atoms with Crippen molar-refractivity contribution in [2.75, 3.05) is 7.11 Å². The van der Waals surface area contributed by atoms with E-state index in [-0.39, 0.29) is 11.9 Å². The van der Waals surface area contributed by atoms with Gasteiger partial charge in [0.1, 0.15) is 5.75 Å². The largest absolute Gasteiger partial charge is 0.496 e. The van der Waals surface area contributed by atoms with Crippen LogP contribution >= 0.6 is 0 Å². The molecule has 130 valence electrons. The Bertz CT molecular complexity index is 1090. The Kier molecular flexibility index (Phi) is 4.05. The van der Waals surface area contributed by atoms with Crippen LogP contribution in [0.2, 0.25) is 0 Å². The smallest absolute Gasteiger partial charge is 0.255 e. The van der Waals surface area contributed by atoms with Crippen LogP contribution in [-0.4, -0.2) is 23.0 Å².